The zero-order valence-corrected chi connectivity index (χ0v) is 13.0. The van der Waals surface area contributed by atoms with Gasteiger partial charge in [-0.2, -0.15) is 0 Å². The molecule has 0 saturated heterocycles. The molecule has 2 rings (SSSR count). The van der Waals surface area contributed by atoms with E-state index in [0.717, 1.165) is 24.9 Å². The molecule has 3 heteroatoms. The van der Waals surface area contributed by atoms with E-state index < -0.39 is 0 Å². The SMILES string of the molecule is CN(Cc1cccc(F)c1)C1(CN)CCC(C)(C)CC1. The Morgan fingerprint density at radius 2 is 1.85 bits per heavy atom. The predicted octanol–water partition coefficient (Wildman–Crippen LogP) is 3.56. The van der Waals surface area contributed by atoms with Gasteiger partial charge in [0.25, 0.3) is 0 Å². The molecule has 0 radical (unpaired) electrons. The van der Waals surface area contributed by atoms with Crippen LogP contribution in [0.4, 0.5) is 4.39 Å². The molecule has 1 aliphatic rings. The highest BCUT2D eigenvalue weighted by atomic mass is 19.1. The third kappa shape index (κ3) is 3.39. The number of nitrogens with two attached hydrogens (primary N) is 1. The van der Waals surface area contributed by atoms with Crippen LogP contribution in [-0.4, -0.2) is 24.0 Å². The van der Waals surface area contributed by atoms with Crippen molar-refractivity contribution in [2.24, 2.45) is 11.1 Å². The monoisotopic (exact) mass is 278 g/mol. The minimum atomic E-state index is -0.164. The topological polar surface area (TPSA) is 29.3 Å². The first-order valence-electron chi connectivity index (χ1n) is 7.53. The van der Waals surface area contributed by atoms with E-state index in [9.17, 15) is 4.39 Å². The normalized spacial score (nSPS) is 21.1. The van der Waals surface area contributed by atoms with Crippen molar-refractivity contribution < 1.29 is 4.39 Å². The summed E-state index contributed by atoms with van der Waals surface area (Å²) in [5.41, 5.74) is 7.61. The largest absolute Gasteiger partial charge is 0.329 e. The van der Waals surface area contributed by atoms with Gasteiger partial charge in [-0.05, 0) is 55.8 Å². The molecular weight excluding hydrogens is 251 g/mol. The van der Waals surface area contributed by atoms with Crippen LogP contribution in [0.3, 0.4) is 0 Å². The molecule has 0 heterocycles. The third-order valence-electron chi connectivity index (χ3n) is 5.03. The second-order valence-electron chi connectivity index (χ2n) is 7.08. The summed E-state index contributed by atoms with van der Waals surface area (Å²) >= 11 is 0. The van der Waals surface area contributed by atoms with Gasteiger partial charge in [0.05, 0.1) is 0 Å². The maximum absolute atomic E-state index is 13.3. The lowest BCUT2D eigenvalue weighted by Crippen LogP contribution is -2.54. The zero-order chi connectivity index (χ0) is 14.8. The van der Waals surface area contributed by atoms with Gasteiger partial charge in [0.2, 0.25) is 0 Å². The van der Waals surface area contributed by atoms with Gasteiger partial charge in [0, 0.05) is 18.6 Å². The molecule has 0 amide bonds. The van der Waals surface area contributed by atoms with E-state index in [-0.39, 0.29) is 11.4 Å². The summed E-state index contributed by atoms with van der Waals surface area (Å²) in [6.07, 6.45) is 4.67. The van der Waals surface area contributed by atoms with Gasteiger partial charge >= 0.3 is 0 Å². The fourth-order valence-electron chi connectivity index (χ4n) is 3.21. The average molecular weight is 278 g/mol. The molecule has 1 saturated carbocycles. The Morgan fingerprint density at radius 1 is 1.20 bits per heavy atom. The molecule has 0 aromatic heterocycles. The Hall–Kier alpha value is -0.930. The maximum atomic E-state index is 13.3. The summed E-state index contributed by atoms with van der Waals surface area (Å²) in [6, 6.07) is 6.87. The van der Waals surface area contributed by atoms with Crippen LogP contribution < -0.4 is 5.73 Å². The van der Waals surface area contributed by atoms with Crippen molar-refractivity contribution in [1.82, 2.24) is 4.90 Å². The first-order valence-corrected chi connectivity index (χ1v) is 7.53. The van der Waals surface area contributed by atoms with Crippen LogP contribution in [0.1, 0.15) is 45.1 Å². The van der Waals surface area contributed by atoms with Crippen molar-refractivity contribution in [3.63, 3.8) is 0 Å². The Balaban J connectivity index is 2.08. The molecule has 0 spiro atoms. The summed E-state index contributed by atoms with van der Waals surface area (Å²) in [6.45, 7) is 6.10. The summed E-state index contributed by atoms with van der Waals surface area (Å²) in [7, 11) is 2.12. The number of nitrogens with zero attached hydrogens (tertiary/aromatic N) is 1. The quantitative estimate of drug-likeness (QED) is 0.912. The number of likely N-dealkylation sites (N-methyl/N-ethyl adjacent to an activating group) is 1. The molecule has 2 nitrogen and oxygen atoms in total. The molecule has 1 aromatic carbocycles. The lowest BCUT2D eigenvalue weighted by atomic mass is 9.68. The molecule has 2 N–H and O–H groups in total. The highest BCUT2D eigenvalue weighted by Crippen LogP contribution is 2.42. The molecule has 0 aliphatic heterocycles. The van der Waals surface area contributed by atoms with Gasteiger partial charge in [-0.3, -0.25) is 4.90 Å². The van der Waals surface area contributed by atoms with Crippen molar-refractivity contribution in [1.29, 1.82) is 0 Å². The average Bonchev–Trinajstić information content (AvgIpc) is 2.39. The molecular formula is C17H27FN2. The minimum absolute atomic E-state index is 0.0713. The number of halogens is 1. The van der Waals surface area contributed by atoms with E-state index in [1.807, 2.05) is 6.07 Å². The first-order chi connectivity index (χ1) is 9.37. The fourth-order valence-corrected chi connectivity index (χ4v) is 3.21. The van der Waals surface area contributed by atoms with Crippen LogP contribution >= 0.6 is 0 Å². The predicted molar refractivity (Wildman–Crippen MR) is 81.9 cm³/mol. The van der Waals surface area contributed by atoms with Gasteiger partial charge < -0.3 is 5.73 Å². The second kappa shape index (κ2) is 5.82. The van der Waals surface area contributed by atoms with Gasteiger partial charge in [0.1, 0.15) is 5.82 Å². The van der Waals surface area contributed by atoms with E-state index in [1.165, 1.54) is 18.9 Å². The van der Waals surface area contributed by atoms with Crippen LogP contribution in [0, 0.1) is 11.2 Å². The maximum Gasteiger partial charge on any atom is 0.123 e. The van der Waals surface area contributed by atoms with Crippen molar-refractivity contribution in [3.05, 3.63) is 35.6 Å². The van der Waals surface area contributed by atoms with Crippen molar-refractivity contribution in [3.8, 4) is 0 Å². The summed E-state index contributed by atoms with van der Waals surface area (Å²) < 4.78 is 13.3. The molecule has 1 aromatic rings. The molecule has 1 fully saturated rings. The summed E-state index contributed by atoms with van der Waals surface area (Å²) in [4.78, 5) is 2.33. The van der Waals surface area contributed by atoms with Gasteiger partial charge in [-0.1, -0.05) is 26.0 Å². The van der Waals surface area contributed by atoms with E-state index >= 15 is 0 Å². The van der Waals surface area contributed by atoms with Crippen LogP contribution in [0.2, 0.25) is 0 Å². The smallest absolute Gasteiger partial charge is 0.123 e. The Labute approximate surface area is 122 Å². The van der Waals surface area contributed by atoms with Gasteiger partial charge in [0.15, 0.2) is 0 Å². The Bertz CT molecular complexity index is 446. The van der Waals surface area contributed by atoms with E-state index in [0.29, 0.717) is 12.0 Å². The lowest BCUT2D eigenvalue weighted by molar-refractivity contribution is 0.0364. The standard InChI is InChI=1S/C17H27FN2/c1-16(2)7-9-17(13-19,10-8-16)20(3)12-14-5-4-6-15(18)11-14/h4-6,11H,7-10,12-13,19H2,1-3H3. The Kier molecular flexibility index (Phi) is 4.50. The summed E-state index contributed by atoms with van der Waals surface area (Å²) in [5, 5.41) is 0. The van der Waals surface area contributed by atoms with Crippen molar-refractivity contribution >= 4 is 0 Å². The van der Waals surface area contributed by atoms with Gasteiger partial charge in [-0.25, -0.2) is 4.39 Å². The highest BCUT2D eigenvalue weighted by Gasteiger charge is 2.40. The van der Waals surface area contributed by atoms with E-state index in [1.54, 1.807) is 12.1 Å². The van der Waals surface area contributed by atoms with Gasteiger partial charge in [-0.15, -0.1) is 0 Å². The fraction of sp³-hybridized carbons (Fsp3) is 0.647. The van der Waals surface area contributed by atoms with E-state index in [2.05, 4.69) is 25.8 Å². The van der Waals surface area contributed by atoms with Crippen LogP contribution in [0.5, 0.6) is 0 Å². The minimum Gasteiger partial charge on any atom is -0.329 e. The van der Waals surface area contributed by atoms with Crippen molar-refractivity contribution in [2.75, 3.05) is 13.6 Å². The number of hydrogen-bond acceptors (Lipinski definition) is 2. The van der Waals surface area contributed by atoms with Crippen LogP contribution in [0.25, 0.3) is 0 Å². The van der Waals surface area contributed by atoms with E-state index in [4.69, 9.17) is 5.73 Å². The molecule has 1 aliphatic carbocycles. The second-order valence-corrected chi connectivity index (χ2v) is 7.08. The Morgan fingerprint density at radius 3 is 2.40 bits per heavy atom. The number of hydrogen-bond donors (Lipinski definition) is 1. The zero-order valence-electron chi connectivity index (χ0n) is 13.0. The molecule has 0 unspecified atom stereocenters. The third-order valence-corrected chi connectivity index (χ3v) is 5.03. The summed E-state index contributed by atoms with van der Waals surface area (Å²) in [5.74, 6) is -0.164. The molecule has 112 valence electrons. The molecule has 0 atom stereocenters. The van der Waals surface area contributed by atoms with Crippen molar-refractivity contribution in [2.45, 2.75) is 51.6 Å². The first kappa shape index (κ1) is 15.5. The van der Waals surface area contributed by atoms with Crippen LogP contribution in [-0.2, 0) is 6.54 Å². The highest BCUT2D eigenvalue weighted by molar-refractivity contribution is 5.16. The molecule has 20 heavy (non-hydrogen) atoms. The lowest BCUT2D eigenvalue weighted by Gasteiger charge is -2.48. The van der Waals surface area contributed by atoms with Crippen LogP contribution in [0.15, 0.2) is 24.3 Å². The number of benzene rings is 1. The molecule has 0 bridgehead atoms. The number of rotatable bonds is 4.